The third-order valence-electron chi connectivity index (χ3n) is 1.64. The predicted octanol–water partition coefficient (Wildman–Crippen LogP) is 2.88. The van der Waals surface area contributed by atoms with Crippen molar-refractivity contribution >= 4 is 23.4 Å². The highest BCUT2D eigenvalue weighted by Gasteiger charge is 2.12. The fourth-order valence-electron chi connectivity index (χ4n) is 1.02. The highest BCUT2D eigenvalue weighted by Crippen LogP contribution is 2.23. The average Bonchev–Trinajstić information content (AvgIpc) is 2.09. The highest BCUT2D eigenvalue weighted by atomic mass is 35.5. The van der Waals surface area contributed by atoms with E-state index in [0.717, 1.165) is 0 Å². The molecule has 0 fully saturated rings. The first-order valence-electron chi connectivity index (χ1n) is 3.77. The first-order chi connectivity index (χ1) is 6.15. The van der Waals surface area contributed by atoms with Crippen LogP contribution in [-0.4, -0.2) is 17.1 Å². The molecule has 0 amide bonds. The number of halogens is 2. The molecule has 0 aliphatic carbocycles. The van der Waals surface area contributed by atoms with E-state index < -0.39 is 11.9 Å². The molecular weight excluding hydrogens is 211 g/mol. The van der Waals surface area contributed by atoms with Gasteiger partial charge in [0.1, 0.15) is 5.82 Å². The number of benzene rings is 1. The van der Waals surface area contributed by atoms with Crippen LogP contribution in [0.4, 0.5) is 4.39 Å². The standard InChI is InChI=1S/C9H10ClFOS/c1-13-5-9(12)7-4-6(10)2-3-8(7)11/h2-4,9,12H,5H2,1H3. The number of rotatable bonds is 3. The van der Waals surface area contributed by atoms with Crippen molar-refractivity contribution in [3.05, 3.63) is 34.6 Å². The van der Waals surface area contributed by atoms with Crippen LogP contribution in [0.25, 0.3) is 0 Å². The summed E-state index contributed by atoms with van der Waals surface area (Å²) in [7, 11) is 0. The molecule has 1 aromatic carbocycles. The van der Waals surface area contributed by atoms with E-state index in [2.05, 4.69) is 0 Å². The molecule has 0 bridgehead atoms. The molecule has 72 valence electrons. The fourth-order valence-corrected chi connectivity index (χ4v) is 1.69. The molecule has 1 nitrogen and oxygen atoms in total. The second kappa shape index (κ2) is 4.84. The molecule has 0 saturated heterocycles. The minimum atomic E-state index is -0.784. The zero-order valence-corrected chi connectivity index (χ0v) is 8.70. The van der Waals surface area contributed by atoms with Gasteiger partial charge in [0.15, 0.2) is 0 Å². The van der Waals surface area contributed by atoms with Crippen LogP contribution < -0.4 is 0 Å². The van der Waals surface area contributed by atoms with Gasteiger partial charge in [-0.1, -0.05) is 11.6 Å². The summed E-state index contributed by atoms with van der Waals surface area (Å²) in [5, 5.41) is 9.95. The van der Waals surface area contributed by atoms with Gasteiger partial charge in [0.2, 0.25) is 0 Å². The van der Waals surface area contributed by atoms with E-state index in [1.165, 1.54) is 30.0 Å². The van der Waals surface area contributed by atoms with E-state index in [-0.39, 0.29) is 5.56 Å². The number of aliphatic hydroxyl groups excluding tert-OH is 1. The fraction of sp³-hybridized carbons (Fsp3) is 0.333. The van der Waals surface area contributed by atoms with Gasteiger partial charge in [-0.15, -0.1) is 0 Å². The van der Waals surface area contributed by atoms with Gasteiger partial charge in [0, 0.05) is 16.3 Å². The molecule has 0 aromatic heterocycles. The molecule has 0 spiro atoms. The van der Waals surface area contributed by atoms with Crippen molar-refractivity contribution in [2.24, 2.45) is 0 Å². The molecule has 13 heavy (non-hydrogen) atoms. The third kappa shape index (κ3) is 2.86. The second-order valence-corrected chi connectivity index (χ2v) is 3.98. The van der Waals surface area contributed by atoms with Crippen molar-refractivity contribution in [1.82, 2.24) is 0 Å². The summed E-state index contributed by atoms with van der Waals surface area (Å²) in [6.45, 7) is 0. The second-order valence-electron chi connectivity index (χ2n) is 2.64. The van der Waals surface area contributed by atoms with Crippen molar-refractivity contribution in [2.45, 2.75) is 6.10 Å². The molecule has 0 saturated carbocycles. The van der Waals surface area contributed by atoms with Crippen LogP contribution in [0.2, 0.25) is 5.02 Å². The topological polar surface area (TPSA) is 20.2 Å². The van der Waals surface area contributed by atoms with Gasteiger partial charge in [-0.05, 0) is 24.5 Å². The van der Waals surface area contributed by atoms with Gasteiger partial charge in [-0.25, -0.2) is 4.39 Å². The molecule has 1 aromatic rings. The predicted molar refractivity (Wildman–Crippen MR) is 54.8 cm³/mol. The maximum absolute atomic E-state index is 13.1. The molecule has 4 heteroatoms. The van der Waals surface area contributed by atoms with Gasteiger partial charge in [-0.2, -0.15) is 11.8 Å². The van der Waals surface area contributed by atoms with Crippen LogP contribution in [0.3, 0.4) is 0 Å². The molecule has 1 unspecified atom stereocenters. The molecular formula is C9H10ClFOS. The van der Waals surface area contributed by atoms with Crippen LogP contribution in [0.15, 0.2) is 18.2 Å². The lowest BCUT2D eigenvalue weighted by atomic mass is 10.1. The Morgan fingerprint density at radius 1 is 1.62 bits per heavy atom. The number of aliphatic hydroxyl groups is 1. The molecule has 1 atom stereocenters. The Hall–Kier alpha value is -0.250. The Morgan fingerprint density at radius 2 is 2.31 bits per heavy atom. The highest BCUT2D eigenvalue weighted by molar-refractivity contribution is 7.98. The minimum absolute atomic E-state index is 0.266. The summed E-state index contributed by atoms with van der Waals surface area (Å²) < 4.78 is 13.1. The molecule has 1 rings (SSSR count). The summed E-state index contributed by atoms with van der Waals surface area (Å²) in [4.78, 5) is 0. The number of thioether (sulfide) groups is 1. The maximum atomic E-state index is 13.1. The SMILES string of the molecule is CSCC(O)c1cc(Cl)ccc1F. The first kappa shape index (κ1) is 10.8. The lowest BCUT2D eigenvalue weighted by molar-refractivity contribution is 0.199. The van der Waals surface area contributed by atoms with E-state index in [9.17, 15) is 9.50 Å². The van der Waals surface area contributed by atoms with Crippen LogP contribution in [-0.2, 0) is 0 Å². The average molecular weight is 221 g/mol. The van der Waals surface area contributed by atoms with E-state index >= 15 is 0 Å². The van der Waals surface area contributed by atoms with Gasteiger partial charge >= 0.3 is 0 Å². The van der Waals surface area contributed by atoms with Crippen molar-refractivity contribution in [2.75, 3.05) is 12.0 Å². The summed E-state index contributed by atoms with van der Waals surface area (Å²) in [6.07, 6.45) is 1.07. The van der Waals surface area contributed by atoms with Crippen LogP contribution in [0, 0.1) is 5.82 Å². The van der Waals surface area contributed by atoms with Gasteiger partial charge in [0.05, 0.1) is 6.10 Å². The summed E-state index contributed by atoms with van der Waals surface area (Å²) in [5.74, 6) is 0.0583. The smallest absolute Gasteiger partial charge is 0.129 e. The summed E-state index contributed by atoms with van der Waals surface area (Å²) >= 11 is 7.14. The van der Waals surface area contributed by atoms with Crippen LogP contribution >= 0.6 is 23.4 Å². The van der Waals surface area contributed by atoms with Crippen molar-refractivity contribution < 1.29 is 9.50 Å². The number of hydrogen-bond donors (Lipinski definition) is 1. The first-order valence-corrected chi connectivity index (χ1v) is 5.54. The maximum Gasteiger partial charge on any atom is 0.129 e. The van der Waals surface area contributed by atoms with Crippen molar-refractivity contribution in [3.63, 3.8) is 0 Å². The Morgan fingerprint density at radius 3 is 2.92 bits per heavy atom. The quantitative estimate of drug-likeness (QED) is 0.846. The Kier molecular flexibility index (Phi) is 4.03. The Labute approximate surface area is 85.9 Å². The summed E-state index contributed by atoms with van der Waals surface area (Å²) in [6, 6.07) is 4.19. The molecule has 1 N–H and O–H groups in total. The monoisotopic (exact) mass is 220 g/mol. The summed E-state index contributed by atoms with van der Waals surface area (Å²) in [5.41, 5.74) is 0.266. The zero-order valence-electron chi connectivity index (χ0n) is 7.13. The van der Waals surface area contributed by atoms with Crippen molar-refractivity contribution in [1.29, 1.82) is 0 Å². The van der Waals surface area contributed by atoms with Crippen molar-refractivity contribution in [3.8, 4) is 0 Å². The Balaban J connectivity index is 2.91. The van der Waals surface area contributed by atoms with Gasteiger partial charge < -0.3 is 5.11 Å². The van der Waals surface area contributed by atoms with E-state index in [4.69, 9.17) is 11.6 Å². The minimum Gasteiger partial charge on any atom is -0.387 e. The molecule has 0 heterocycles. The molecule has 0 aliphatic heterocycles. The normalized spacial score (nSPS) is 12.9. The zero-order chi connectivity index (χ0) is 9.84. The Bertz CT molecular complexity index is 293. The lowest BCUT2D eigenvalue weighted by Crippen LogP contribution is -2.02. The largest absolute Gasteiger partial charge is 0.387 e. The van der Waals surface area contributed by atoms with Gasteiger partial charge in [0.25, 0.3) is 0 Å². The van der Waals surface area contributed by atoms with Crippen LogP contribution in [0.5, 0.6) is 0 Å². The molecule has 0 radical (unpaired) electrons. The number of hydrogen-bond acceptors (Lipinski definition) is 2. The van der Waals surface area contributed by atoms with Gasteiger partial charge in [-0.3, -0.25) is 0 Å². The van der Waals surface area contributed by atoms with Crippen LogP contribution in [0.1, 0.15) is 11.7 Å². The lowest BCUT2D eigenvalue weighted by Gasteiger charge is -2.10. The molecule has 0 aliphatic rings. The van der Waals surface area contributed by atoms with E-state index in [1.54, 1.807) is 0 Å². The van der Waals surface area contributed by atoms with E-state index in [0.29, 0.717) is 10.8 Å². The third-order valence-corrected chi connectivity index (χ3v) is 2.53. The van der Waals surface area contributed by atoms with E-state index in [1.807, 2.05) is 6.26 Å².